The molecule has 2 aliphatic heterocycles. The van der Waals surface area contributed by atoms with E-state index in [2.05, 4.69) is 51.1 Å². The number of aliphatic hydroxyl groups excluding tert-OH is 2. The molecule has 168 valence electrons. The highest BCUT2D eigenvalue weighted by atomic mass is 16.5. The van der Waals surface area contributed by atoms with Crippen LogP contribution in [0.25, 0.3) is 0 Å². The maximum absolute atomic E-state index is 10.5. The quantitative estimate of drug-likeness (QED) is 0.637. The standard InChI is InChI=1S/C25H35N3O3/c29-15-14-26-10-12-27(13-11-26)17-21-4-3-7-25(16-21)31-20-24(30)19-28-9-8-22-5-1-2-6-23(22)18-28/h1-7,16,24,29-30H,8-15,17-20H2/t24-/m1/s1. The van der Waals surface area contributed by atoms with Crippen LogP contribution >= 0.6 is 0 Å². The van der Waals surface area contributed by atoms with Crippen LogP contribution in [0.3, 0.4) is 0 Å². The van der Waals surface area contributed by atoms with Gasteiger partial charge in [0.25, 0.3) is 0 Å². The molecule has 4 rings (SSSR count). The first-order valence-corrected chi connectivity index (χ1v) is 11.4. The largest absolute Gasteiger partial charge is 0.491 e. The fourth-order valence-corrected chi connectivity index (χ4v) is 4.56. The van der Waals surface area contributed by atoms with E-state index in [0.717, 1.165) is 64.5 Å². The maximum Gasteiger partial charge on any atom is 0.119 e. The Bertz CT molecular complexity index is 823. The number of nitrogens with zero attached hydrogens (tertiary/aromatic N) is 3. The minimum absolute atomic E-state index is 0.232. The van der Waals surface area contributed by atoms with Crippen molar-refractivity contribution in [3.63, 3.8) is 0 Å². The summed E-state index contributed by atoms with van der Waals surface area (Å²) >= 11 is 0. The van der Waals surface area contributed by atoms with Gasteiger partial charge in [0.2, 0.25) is 0 Å². The van der Waals surface area contributed by atoms with Crippen LogP contribution in [0.15, 0.2) is 48.5 Å². The van der Waals surface area contributed by atoms with Gasteiger partial charge in [0, 0.05) is 58.9 Å². The molecule has 2 aromatic carbocycles. The second-order valence-electron chi connectivity index (χ2n) is 8.71. The summed E-state index contributed by atoms with van der Waals surface area (Å²) < 4.78 is 5.93. The van der Waals surface area contributed by atoms with Crippen molar-refractivity contribution in [1.82, 2.24) is 14.7 Å². The lowest BCUT2D eigenvalue weighted by atomic mass is 10.00. The molecule has 0 aromatic heterocycles. The molecule has 0 saturated carbocycles. The fourth-order valence-electron chi connectivity index (χ4n) is 4.56. The highest BCUT2D eigenvalue weighted by molar-refractivity contribution is 5.29. The molecule has 1 atom stereocenters. The van der Waals surface area contributed by atoms with Crippen LogP contribution in [-0.2, 0) is 19.5 Å². The Morgan fingerprint density at radius 2 is 1.65 bits per heavy atom. The predicted octanol–water partition coefficient (Wildman–Crippen LogP) is 1.59. The Kier molecular flexibility index (Phi) is 7.94. The van der Waals surface area contributed by atoms with E-state index in [1.807, 2.05) is 12.1 Å². The molecule has 31 heavy (non-hydrogen) atoms. The zero-order valence-electron chi connectivity index (χ0n) is 18.3. The number of piperazine rings is 1. The summed E-state index contributed by atoms with van der Waals surface area (Å²) in [5.74, 6) is 0.819. The van der Waals surface area contributed by atoms with Gasteiger partial charge < -0.3 is 14.9 Å². The van der Waals surface area contributed by atoms with Crippen LogP contribution in [0, 0.1) is 0 Å². The van der Waals surface area contributed by atoms with Crippen molar-refractivity contribution in [2.75, 3.05) is 59.0 Å². The number of β-amino-alcohol motifs (C(OH)–C–C–N with tert-alkyl or cyclic N) is 2. The third kappa shape index (κ3) is 6.51. The monoisotopic (exact) mass is 425 g/mol. The first kappa shape index (κ1) is 22.2. The molecule has 2 aliphatic rings. The average molecular weight is 426 g/mol. The topological polar surface area (TPSA) is 59.4 Å². The summed E-state index contributed by atoms with van der Waals surface area (Å²) in [4.78, 5) is 7.05. The third-order valence-electron chi connectivity index (χ3n) is 6.31. The number of hydrogen-bond donors (Lipinski definition) is 2. The fraction of sp³-hybridized carbons (Fsp3) is 0.520. The van der Waals surface area contributed by atoms with E-state index >= 15 is 0 Å². The van der Waals surface area contributed by atoms with Crippen molar-refractivity contribution in [3.8, 4) is 5.75 Å². The van der Waals surface area contributed by atoms with Crippen molar-refractivity contribution in [2.45, 2.75) is 25.6 Å². The molecule has 0 bridgehead atoms. The molecule has 0 spiro atoms. The van der Waals surface area contributed by atoms with Gasteiger partial charge in [0.15, 0.2) is 0 Å². The Hall–Kier alpha value is -1.96. The van der Waals surface area contributed by atoms with Gasteiger partial charge in [-0.25, -0.2) is 0 Å². The lowest BCUT2D eigenvalue weighted by Crippen LogP contribution is -2.46. The van der Waals surface area contributed by atoms with E-state index in [1.54, 1.807) is 0 Å². The van der Waals surface area contributed by atoms with E-state index in [0.29, 0.717) is 13.2 Å². The first-order valence-electron chi connectivity index (χ1n) is 11.4. The van der Waals surface area contributed by atoms with Gasteiger partial charge in [-0.2, -0.15) is 0 Å². The summed E-state index contributed by atoms with van der Waals surface area (Å²) in [7, 11) is 0. The van der Waals surface area contributed by atoms with Gasteiger partial charge in [0.1, 0.15) is 18.5 Å². The minimum atomic E-state index is -0.506. The molecule has 2 aromatic rings. The number of hydrogen-bond acceptors (Lipinski definition) is 6. The molecule has 2 heterocycles. The van der Waals surface area contributed by atoms with Crippen molar-refractivity contribution >= 4 is 0 Å². The molecule has 0 radical (unpaired) electrons. The third-order valence-corrected chi connectivity index (χ3v) is 6.31. The molecular formula is C25H35N3O3. The average Bonchev–Trinajstić information content (AvgIpc) is 2.79. The van der Waals surface area contributed by atoms with Gasteiger partial charge in [-0.3, -0.25) is 14.7 Å². The Morgan fingerprint density at radius 3 is 2.45 bits per heavy atom. The summed E-state index contributed by atoms with van der Waals surface area (Å²) in [5, 5.41) is 19.6. The van der Waals surface area contributed by atoms with Crippen LogP contribution in [0.5, 0.6) is 5.75 Å². The van der Waals surface area contributed by atoms with E-state index in [1.165, 1.54) is 16.7 Å². The lowest BCUT2D eigenvalue weighted by Gasteiger charge is -2.34. The van der Waals surface area contributed by atoms with Gasteiger partial charge >= 0.3 is 0 Å². The minimum Gasteiger partial charge on any atom is -0.491 e. The van der Waals surface area contributed by atoms with Crippen molar-refractivity contribution in [2.24, 2.45) is 0 Å². The van der Waals surface area contributed by atoms with Gasteiger partial charge in [-0.1, -0.05) is 36.4 Å². The maximum atomic E-state index is 10.5. The lowest BCUT2D eigenvalue weighted by molar-refractivity contribution is 0.0637. The van der Waals surface area contributed by atoms with E-state index in [9.17, 15) is 5.11 Å². The number of fused-ring (bicyclic) bond motifs is 1. The first-order chi connectivity index (χ1) is 15.2. The van der Waals surface area contributed by atoms with Crippen molar-refractivity contribution < 1.29 is 14.9 Å². The van der Waals surface area contributed by atoms with Gasteiger partial charge in [-0.15, -0.1) is 0 Å². The normalized spacial score (nSPS) is 19.2. The Balaban J connectivity index is 1.21. The summed E-state index contributed by atoms with van der Waals surface area (Å²) in [6.07, 6.45) is 0.536. The molecule has 6 nitrogen and oxygen atoms in total. The van der Waals surface area contributed by atoms with E-state index in [4.69, 9.17) is 9.84 Å². The SMILES string of the molecule is OCCN1CCN(Cc2cccc(OC[C@H](O)CN3CCc4ccccc4C3)c2)CC1. The number of benzene rings is 2. The smallest absolute Gasteiger partial charge is 0.119 e. The van der Waals surface area contributed by atoms with Gasteiger partial charge in [-0.05, 0) is 35.2 Å². The summed E-state index contributed by atoms with van der Waals surface area (Å²) in [5.41, 5.74) is 4.03. The summed E-state index contributed by atoms with van der Waals surface area (Å²) in [6.45, 7) is 8.76. The van der Waals surface area contributed by atoms with Crippen LogP contribution in [0.1, 0.15) is 16.7 Å². The molecule has 1 saturated heterocycles. The van der Waals surface area contributed by atoms with Crippen LogP contribution in [0.2, 0.25) is 0 Å². The van der Waals surface area contributed by atoms with Gasteiger partial charge in [0.05, 0.1) is 6.61 Å². The number of aliphatic hydroxyl groups is 2. The highest BCUT2D eigenvalue weighted by Gasteiger charge is 2.19. The zero-order chi connectivity index (χ0) is 21.5. The van der Waals surface area contributed by atoms with Crippen LogP contribution < -0.4 is 4.74 Å². The summed E-state index contributed by atoms with van der Waals surface area (Å²) in [6, 6.07) is 16.8. The Labute approximate surface area is 185 Å². The second kappa shape index (κ2) is 11.1. The molecule has 1 fully saturated rings. The molecule has 0 unspecified atom stereocenters. The predicted molar refractivity (Wildman–Crippen MR) is 122 cm³/mol. The molecule has 0 aliphatic carbocycles. The second-order valence-corrected chi connectivity index (χ2v) is 8.71. The number of ether oxygens (including phenoxy) is 1. The van der Waals surface area contributed by atoms with E-state index < -0.39 is 6.10 Å². The molecule has 0 amide bonds. The van der Waals surface area contributed by atoms with Crippen LogP contribution in [0.4, 0.5) is 0 Å². The van der Waals surface area contributed by atoms with Crippen molar-refractivity contribution in [3.05, 3.63) is 65.2 Å². The number of rotatable bonds is 9. The van der Waals surface area contributed by atoms with Crippen molar-refractivity contribution in [1.29, 1.82) is 0 Å². The molecule has 6 heteroatoms. The zero-order valence-corrected chi connectivity index (χ0v) is 18.3. The molecular weight excluding hydrogens is 390 g/mol. The van der Waals surface area contributed by atoms with Crippen LogP contribution in [-0.4, -0.2) is 90.0 Å². The highest BCUT2D eigenvalue weighted by Crippen LogP contribution is 2.19. The van der Waals surface area contributed by atoms with E-state index in [-0.39, 0.29) is 6.61 Å². The Morgan fingerprint density at radius 1 is 0.871 bits per heavy atom. The molecule has 2 N–H and O–H groups in total.